The lowest BCUT2D eigenvalue weighted by molar-refractivity contribution is 0.219. The van der Waals surface area contributed by atoms with E-state index in [-0.39, 0.29) is 24.9 Å². The first-order valence-corrected chi connectivity index (χ1v) is 8.58. The van der Waals surface area contributed by atoms with Gasteiger partial charge in [-0.15, -0.1) is 0 Å². The molecule has 0 aliphatic rings. The lowest BCUT2D eigenvalue weighted by Gasteiger charge is -2.16. The second kappa shape index (κ2) is 6.52. The molecule has 0 saturated heterocycles. The summed E-state index contributed by atoms with van der Waals surface area (Å²) < 4.78 is 24.5. The van der Waals surface area contributed by atoms with Crippen molar-refractivity contribution in [3.63, 3.8) is 0 Å². The average molecular weight is 310 g/mol. The Morgan fingerprint density at radius 3 is 2.57 bits per heavy atom. The van der Waals surface area contributed by atoms with Crippen molar-refractivity contribution in [1.29, 1.82) is 0 Å². The molecule has 7 heteroatoms. The number of nitrogens with zero attached hydrogens (tertiary/aromatic N) is 2. The summed E-state index contributed by atoms with van der Waals surface area (Å²) in [5.74, 6) is 0. The molecule has 2 heterocycles. The highest BCUT2D eigenvalue weighted by molar-refractivity contribution is 7.53. The van der Waals surface area contributed by atoms with Gasteiger partial charge in [0.25, 0.3) is 5.56 Å². The topological polar surface area (TPSA) is 69.9 Å². The molecule has 0 saturated carbocycles. The Kier molecular flexibility index (Phi) is 4.93. The van der Waals surface area contributed by atoms with Crippen LogP contribution in [0.25, 0.3) is 5.65 Å². The van der Waals surface area contributed by atoms with Gasteiger partial charge in [0.1, 0.15) is 5.65 Å². The van der Waals surface area contributed by atoms with Gasteiger partial charge in [-0.25, -0.2) is 4.98 Å². The Balaban J connectivity index is 2.45. The number of hydrogen-bond acceptors (Lipinski definition) is 5. The number of hydrogen-bond donors (Lipinski definition) is 0. The smallest absolute Gasteiger partial charge is 0.309 e. The lowest BCUT2D eigenvalue weighted by atomic mass is 10.3. The van der Waals surface area contributed by atoms with Gasteiger partial charge in [0.2, 0.25) is 0 Å². The van der Waals surface area contributed by atoms with Crippen molar-refractivity contribution >= 4 is 13.2 Å². The van der Waals surface area contributed by atoms with Gasteiger partial charge in [0, 0.05) is 12.3 Å². The van der Waals surface area contributed by atoms with Gasteiger partial charge in [-0.05, 0) is 32.4 Å². The van der Waals surface area contributed by atoms with E-state index >= 15 is 0 Å². The minimum Gasteiger partial charge on any atom is -0.309 e. The van der Waals surface area contributed by atoms with Crippen molar-refractivity contribution in [3.8, 4) is 0 Å². The molecule has 2 rings (SSSR count). The number of rotatable bonds is 6. The lowest BCUT2D eigenvalue weighted by Crippen LogP contribution is -2.16. The predicted octanol–water partition coefficient (Wildman–Crippen LogP) is 2.77. The zero-order valence-corrected chi connectivity index (χ0v) is 13.3. The van der Waals surface area contributed by atoms with Gasteiger partial charge < -0.3 is 9.05 Å². The molecule has 0 aliphatic heterocycles. The summed E-state index contributed by atoms with van der Waals surface area (Å²) >= 11 is 0. The zero-order chi connectivity index (χ0) is 15.5. The van der Waals surface area contributed by atoms with Crippen LogP contribution < -0.4 is 5.56 Å². The van der Waals surface area contributed by atoms with Crippen molar-refractivity contribution in [2.24, 2.45) is 0 Å². The molecular weight excluding hydrogens is 291 g/mol. The van der Waals surface area contributed by atoms with Crippen LogP contribution in [0, 0.1) is 6.92 Å². The minimum absolute atomic E-state index is 0.00520. The van der Waals surface area contributed by atoms with Crippen LogP contribution in [0.1, 0.15) is 25.1 Å². The fraction of sp³-hybridized carbons (Fsp3) is 0.429. The number of pyridine rings is 1. The van der Waals surface area contributed by atoms with Crippen molar-refractivity contribution in [2.75, 3.05) is 13.2 Å². The van der Waals surface area contributed by atoms with Crippen molar-refractivity contribution in [3.05, 3.63) is 46.0 Å². The van der Waals surface area contributed by atoms with Crippen LogP contribution in [-0.4, -0.2) is 22.6 Å². The van der Waals surface area contributed by atoms with E-state index in [0.717, 1.165) is 5.56 Å². The summed E-state index contributed by atoms with van der Waals surface area (Å²) in [6.45, 7) is 5.93. The minimum atomic E-state index is -3.26. The second-order valence-corrected chi connectivity index (χ2v) is 6.63. The molecule has 0 bridgehead atoms. The molecule has 0 unspecified atom stereocenters. The maximum atomic E-state index is 12.5. The highest BCUT2D eigenvalue weighted by atomic mass is 31.2. The van der Waals surface area contributed by atoms with Crippen molar-refractivity contribution in [2.45, 2.75) is 26.9 Å². The van der Waals surface area contributed by atoms with E-state index in [1.165, 1.54) is 10.5 Å². The summed E-state index contributed by atoms with van der Waals surface area (Å²) in [5, 5.41) is 0. The fourth-order valence-corrected chi connectivity index (χ4v) is 3.71. The maximum absolute atomic E-state index is 12.5. The van der Waals surface area contributed by atoms with E-state index in [1.54, 1.807) is 26.1 Å². The Bertz CT molecular complexity index is 731. The first kappa shape index (κ1) is 15.9. The Hall–Kier alpha value is -1.49. The molecule has 0 aliphatic carbocycles. The van der Waals surface area contributed by atoms with Crippen LogP contribution in [0.15, 0.2) is 29.2 Å². The Morgan fingerprint density at radius 2 is 1.95 bits per heavy atom. The first-order chi connectivity index (χ1) is 9.99. The van der Waals surface area contributed by atoms with E-state index < -0.39 is 7.60 Å². The molecule has 21 heavy (non-hydrogen) atoms. The van der Waals surface area contributed by atoms with E-state index in [0.29, 0.717) is 11.3 Å². The van der Waals surface area contributed by atoms with Crippen molar-refractivity contribution in [1.82, 2.24) is 9.38 Å². The van der Waals surface area contributed by atoms with Gasteiger partial charge >= 0.3 is 7.60 Å². The van der Waals surface area contributed by atoms with Crippen LogP contribution in [0.3, 0.4) is 0 Å². The molecule has 0 fully saturated rings. The highest BCUT2D eigenvalue weighted by Gasteiger charge is 2.25. The SMILES string of the molecule is CCOP(=O)(Cc1cc(=O)n2cccc(C)c2n1)OCC. The molecule has 114 valence electrons. The largest absolute Gasteiger partial charge is 0.336 e. The van der Waals surface area contributed by atoms with E-state index in [9.17, 15) is 9.36 Å². The molecule has 2 aromatic rings. The van der Waals surface area contributed by atoms with Gasteiger partial charge in [-0.3, -0.25) is 13.8 Å². The molecule has 6 nitrogen and oxygen atoms in total. The third kappa shape index (κ3) is 3.59. The second-order valence-electron chi connectivity index (χ2n) is 4.58. The molecule has 2 aromatic heterocycles. The number of aromatic nitrogens is 2. The monoisotopic (exact) mass is 310 g/mol. The zero-order valence-electron chi connectivity index (χ0n) is 12.4. The summed E-state index contributed by atoms with van der Waals surface area (Å²) in [7, 11) is -3.26. The normalized spacial score (nSPS) is 12.0. The molecule has 0 radical (unpaired) electrons. The molecular formula is C14H19N2O4P. The fourth-order valence-electron chi connectivity index (χ4n) is 2.11. The first-order valence-electron chi connectivity index (χ1n) is 6.85. The van der Waals surface area contributed by atoms with Gasteiger partial charge in [0.05, 0.1) is 25.1 Å². The molecule has 0 atom stereocenters. The van der Waals surface area contributed by atoms with E-state index in [1.807, 2.05) is 13.0 Å². The van der Waals surface area contributed by atoms with Crippen LogP contribution in [0.5, 0.6) is 0 Å². The molecule has 0 aromatic carbocycles. The van der Waals surface area contributed by atoms with Gasteiger partial charge in [-0.2, -0.15) is 0 Å². The summed E-state index contributed by atoms with van der Waals surface area (Å²) in [6.07, 6.45) is 1.65. The maximum Gasteiger partial charge on any atom is 0.336 e. The van der Waals surface area contributed by atoms with Crippen LogP contribution in [0.4, 0.5) is 0 Å². The van der Waals surface area contributed by atoms with Crippen LogP contribution in [-0.2, 0) is 19.8 Å². The van der Waals surface area contributed by atoms with Gasteiger partial charge in [0.15, 0.2) is 0 Å². The average Bonchev–Trinajstić information content (AvgIpc) is 2.40. The third-order valence-electron chi connectivity index (χ3n) is 2.95. The molecule has 0 N–H and O–H groups in total. The quantitative estimate of drug-likeness (QED) is 0.767. The summed E-state index contributed by atoms with van der Waals surface area (Å²) in [5.41, 5.74) is 1.64. The van der Waals surface area contributed by atoms with E-state index in [2.05, 4.69) is 4.98 Å². The predicted molar refractivity (Wildman–Crippen MR) is 80.8 cm³/mol. The highest BCUT2D eigenvalue weighted by Crippen LogP contribution is 2.50. The molecule has 0 spiro atoms. The standard InChI is InChI=1S/C14H19N2O4P/c1-4-19-21(18,20-5-2)10-12-9-13(17)16-8-6-7-11(3)14(16)15-12/h6-9H,4-5,10H2,1-3H3. The van der Waals surface area contributed by atoms with Gasteiger partial charge in [-0.1, -0.05) is 6.07 Å². The summed E-state index contributed by atoms with van der Waals surface area (Å²) in [4.78, 5) is 16.5. The Morgan fingerprint density at radius 1 is 1.29 bits per heavy atom. The third-order valence-corrected chi connectivity index (χ3v) is 4.96. The Labute approximate surface area is 123 Å². The van der Waals surface area contributed by atoms with Crippen LogP contribution >= 0.6 is 7.60 Å². The summed E-state index contributed by atoms with van der Waals surface area (Å²) in [6, 6.07) is 5.03. The van der Waals surface area contributed by atoms with Crippen molar-refractivity contribution < 1.29 is 13.6 Å². The van der Waals surface area contributed by atoms with Crippen LogP contribution in [0.2, 0.25) is 0 Å². The number of aryl methyl sites for hydroxylation is 1. The molecule has 0 amide bonds. The number of fused-ring (bicyclic) bond motifs is 1. The van der Waals surface area contributed by atoms with E-state index in [4.69, 9.17) is 9.05 Å².